The molecule has 0 aliphatic rings. The highest BCUT2D eigenvalue weighted by molar-refractivity contribution is 7.99. The van der Waals surface area contributed by atoms with Crippen LogP contribution in [0.15, 0.2) is 60.0 Å². The number of aryl methyl sites for hydroxylation is 4. The van der Waals surface area contributed by atoms with Crippen molar-refractivity contribution in [2.24, 2.45) is 0 Å². The van der Waals surface area contributed by atoms with Crippen molar-refractivity contribution in [2.45, 2.75) is 32.9 Å². The summed E-state index contributed by atoms with van der Waals surface area (Å²) < 4.78 is 3.66. The SMILES string of the molecule is Cc1ccc(-n2nc(C)cc2NC(=O)CSc2nncn2-c2ccc(C)cc2C)cc1. The van der Waals surface area contributed by atoms with Gasteiger partial charge in [0.05, 0.1) is 22.8 Å². The second-order valence-corrected chi connectivity index (χ2v) is 8.47. The number of amides is 1. The fourth-order valence-corrected chi connectivity index (χ4v) is 4.07. The Morgan fingerprint density at radius 2 is 1.74 bits per heavy atom. The number of thioether (sulfide) groups is 1. The fraction of sp³-hybridized carbons (Fsp3) is 0.217. The molecule has 0 atom stereocenters. The van der Waals surface area contributed by atoms with Gasteiger partial charge in [0, 0.05) is 6.07 Å². The molecule has 4 aromatic rings. The van der Waals surface area contributed by atoms with Gasteiger partial charge in [0.25, 0.3) is 0 Å². The van der Waals surface area contributed by atoms with Crippen LogP contribution in [0.1, 0.15) is 22.4 Å². The summed E-state index contributed by atoms with van der Waals surface area (Å²) in [5, 5.41) is 16.4. The quantitative estimate of drug-likeness (QED) is 0.457. The number of hydrogen-bond acceptors (Lipinski definition) is 5. The van der Waals surface area contributed by atoms with Crippen molar-refractivity contribution in [3.63, 3.8) is 0 Å². The van der Waals surface area contributed by atoms with E-state index >= 15 is 0 Å². The molecule has 0 bridgehead atoms. The van der Waals surface area contributed by atoms with Crippen molar-refractivity contribution >= 4 is 23.5 Å². The normalized spacial score (nSPS) is 11.0. The number of anilines is 1. The monoisotopic (exact) mass is 432 g/mol. The first kappa shape index (κ1) is 20.9. The van der Waals surface area contributed by atoms with E-state index in [2.05, 4.69) is 46.6 Å². The van der Waals surface area contributed by atoms with Crippen molar-refractivity contribution in [3.05, 3.63) is 77.2 Å². The number of aromatic nitrogens is 5. The van der Waals surface area contributed by atoms with E-state index in [1.54, 1.807) is 11.0 Å². The lowest BCUT2D eigenvalue weighted by atomic mass is 10.1. The molecule has 2 aromatic carbocycles. The van der Waals surface area contributed by atoms with Gasteiger partial charge in [-0.15, -0.1) is 10.2 Å². The molecule has 8 heteroatoms. The molecule has 158 valence electrons. The molecular weight excluding hydrogens is 408 g/mol. The largest absolute Gasteiger partial charge is 0.310 e. The fourth-order valence-electron chi connectivity index (χ4n) is 3.34. The van der Waals surface area contributed by atoms with Crippen molar-refractivity contribution in [2.75, 3.05) is 11.1 Å². The molecule has 1 amide bonds. The van der Waals surface area contributed by atoms with Crippen molar-refractivity contribution < 1.29 is 4.79 Å². The Morgan fingerprint density at radius 1 is 1.00 bits per heavy atom. The van der Waals surface area contributed by atoms with Crippen molar-refractivity contribution in [1.29, 1.82) is 0 Å². The van der Waals surface area contributed by atoms with Gasteiger partial charge in [0.1, 0.15) is 12.1 Å². The first-order valence-electron chi connectivity index (χ1n) is 9.95. The van der Waals surface area contributed by atoms with Gasteiger partial charge in [-0.3, -0.25) is 9.36 Å². The van der Waals surface area contributed by atoms with Crippen LogP contribution in [-0.2, 0) is 4.79 Å². The molecule has 0 aliphatic carbocycles. The maximum Gasteiger partial charge on any atom is 0.236 e. The standard InChI is InChI=1S/C23H24N6OS/c1-15-5-8-19(9-6-15)29-21(12-18(4)27-29)25-22(30)13-31-23-26-24-14-28(23)20-10-7-16(2)11-17(20)3/h5-12,14H,13H2,1-4H3,(H,25,30). The second kappa shape index (κ2) is 8.77. The van der Waals surface area contributed by atoms with Gasteiger partial charge >= 0.3 is 0 Å². The Balaban J connectivity index is 1.47. The summed E-state index contributed by atoms with van der Waals surface area (Å²) in [4.78, 5) is 12.7. The minimum atomic E-state index is -0.131. The van der Waals surface area contributed by atoms with E-state index in [-0.39, 0.29) is 11.7 Å². The Morgan fingerprint density at radius 3 is 2.48 bits per heavy atom. The molecular formula is C23H24N6OS. The van der Waals surface area contributed by atoms with Crippen LogP contribution in [0.5, 0.6) is 0 Å². The zero-order valence-corrected chi connectivity index (χ0v) is 18.8. The highest BCUT2D eigenvalue weighted by Gasteiger charge is 2.14. The number of nitrogens with one attached hydrogen (secondary N) is 1. The van der Waals surface area contributed by atoms with Crippen LogP contribution in [0, 0.1) is 27.7 Å². The topological polar surface area (TPSA) is 77.6 Å². The molecule has 31 heavy (non-hydrogen) atoms. The number of nitrogens with zero attached hydrogens (tertiary/aromatic N) is 5. The zero-order chi connectivity index (χ0) is 22.0. The first-order valence-corrected chi connectivity index (χ1v) is 10.9. The van der Waals surface area contributed by atoms with E-state index in [4.69, 9.17) is 0 Å². The van der Waals surface area contributed by atoms with Crippen LogP contribution in [0.2, 0.25) is 0 Å². The van der Waals surface area contributed by atoms with E-state index in [0.717, 1.165) is 22.6 Å². The number of benzene rings is 2. The van der Waals surface area contributed by atoms with Crippen molar-refractivity contribution in [3.8, 4) is 11.4 Å². The third kappa shape index (κ3) is 4.69. The molecule has 0 spiro atoms. The second-order valence-electron chi connectivity index (χ2n) is 7.53. The Bertz CT molecular complexity index is 1230. The average molecular weight is 433 g/mol. The van der Waals surface area contributed by atoms with E-state index in [0.29, 0.717) is 11.0 Å². The molecule has 0 unspecified atom stereocenters. The lowest BCUT2D eigenvalue weighted by Crippen LogP contribution is -2.17. The summed E-state index contributed by atoms with van der Waals surface area (Å²) in [6, 6.07) is 16.1. The molecule has 1 N–H and O–H groups in total. The molecule has 4 rings (SSSR count). The van der Waals surface area contributed by atoms with Gasteiger partial charge < -0.3 is 5.32 Å². The number of carbonyl (C=O) groups is 1. The Kier molecular flexibility index (Phi) is 5.90. The minimum Gasteiger partial charge on any atom is -0.310 e. The third-order valence-electron chi connectivity index (χ3n) is 4.84. The van der Waals surface area contributed by atoms with Gasteiger partial charge in [-0.05, 0) is 51.5 Å². The minimum absolute atomic E-state index is 0.131. The van der Waals surface area contributed by atoms with Crippen LogP contribution in [-0.4, -0.2) is 36.2 Å². The number of rotatable bonds is 6. The lowest BCUT2D eigenvalue weighted by molar-refractivity contribution is -0.113. The van der Waals surface area contributed by atoms with Gasteiger partial charge in [-0.1, -0.05) is 47.2 Å². The van der Waals surface area contributed by atoms with Crippen LogP contribution < -0.4 is 5.32 Å². The Labute approximate surface area is 185 Å². The van der Waals surface area contributed by atoms with Gasteiger partial charge in [0.15, 0.2) is 5.16 Å². The third-order valence-corrected chi connectivity index (χ3v) is 5.78. The highest BCUT2D eigenvalue weighted by Crippen LogP contribution is 2.23. The number of hydrogen-bond donors (Lipinski definition) is 1. The lowest BCUT2D eigenvalue weighted by Gasteiger charge is -2.11. The average Bonchev–Trinajstić information content (AvgIpc) is 3.33. The van der Waals surface area contributed by atoms with Crippen molar-refractivity contribution in [1.82, 2.24) is 24.5 Å². The summed E-state index contributed by atoms with van der Waals surface area (Å²) in [7, 11) is 0. The molecule has 2 heterocycles. The molecule has 2 aromatic heterocycles. The summed E-state index contributed by atoms with van der Waals surface area (Å²) in [5.41, 5.74) is 6.23. The summed E-state index contributed by atoms with van der Waals surface area (Å²) in [6.07, 6.45) is 1.67. The predicted molar refractivity (Wildman–Crippen MR) is 123 cm³/mol. The van der Waals surface area contributed by atoms with Crippen LogP contribution >= 0.6 is 11.8 Å². The molecule has 0 saturated carbocycles. The first-order chi connectivity index (χ1) is 14.9. The van der Waals surface area contributed by atoms with E-state index in [1.807, 2.05) is 54.8 Å². The maximum atomic E-state index is 12.7. The molecule has 0 fully saturated rings. The van der Waals surface area contributed by atoms with Crippen LogP contribution in [0.25, 0.3) is 11.4 Å². The molecule has 0 radical (unpaired) electrons. The molecule has 0 saturated heterocycles. The maximum absolute atomic E-state index is 12.7. The van der Waals surface area contributed by atoms with Gasteiger partial charge in [0.2, 0.25) is 5.91 Å². The summed E-state index contributed by atoms with van der Waals surface area (Å²) >= 11 is 1.35. The summed E-state index contributed by atoms with van der Waals surface area (Å²) in [5.74, 6) is 0.720. The molecule has 7 nitrogen and oxygen atoms in total. The predicted octanol–water partition coefficient (Wildman–Crippen LogP) is 4.42. The van der Waals surface area contributed by atoms with Gasteiger partial charge in [-0.25, -0.2) is 4.68 Å². The van der Waals surface area contributed by atoms with E-state index in [9.17, 15) is 4.79 Å². The van der Waals surface area contributed by atoms with Crippen LogP contribution in [0.4, 0.5) is 5.82 Å². The van der Waals surface area contributed by atoms with Gasteiger partial charge in [-0.2, -0.15) is 5.10 Å². The highest BCUT2D eigenvalue weighted by atomic mass is 32.2. The van der Waals surface area contributed by atoms with E-state index in [1.165, 1.54) is 22.9 Å². The summed E-state index contributed by atoms with van der Waals surface area (Å²) in [6.45, 7) is 8.06. The smallest absolute Gasteiger partial charge is 0.236 e. The Hall–Kier alpha value is -3.39. The number of carbonyl (C=O) groups excluding carboxylic acids is 1. The molecule has 0 aliphatic heterocycles. The van der Waals surface area contributed by atoms with Crippen LogP contribution in [0.3, 0.4) is 0 Å². The zero-order valence-electron chi connectivity index (χ0n) is 18.0. The van der Waals surface area contributed by atoms with E-state index < -0.39 is 0 Å².